The lowest BCUT2D eigenvalue weighted by Gasteiger charge is -2.32. The molecule has 1 aromatic carbocycles. The lowest BCUT2D eigenvalue weighted by Crippen LogP contribution is -2.40. The summed E-state index contributed by atoms with van der Waals surface area (Å²) < 4.78 is 4.04. The first-order valence-electron chi connectivity index (χ1n) is 11.0. The van der Waals surface area contributed by atoms with Crippen molar-refractivity contribution in [3.63, 3.8) is 0 Å². The van der Waals surface area contributed by atoms with Crippen LogP contribution in [-0.4, -0.2) is 49.8 Å². The fourth-order valence-electron chi connectivity index (χ4n) is 4.19. The molecule has 1 N–H and O–H groups in total. The number of hydrogen-bond acceptors (Lipinski definition) is 4. The van der Waals surface area contributed by atoms with Crippen LogP contribution in [0.5, 0.6) is 0 Å². The minimum absolute atomic E-state index is 0.00557. The van der Waals surface area contributed by atoms with Crippen molar-refractivity contribution in [2.75, 3.05) is 25.0 Å². The zero-order valence-corrected chi connectivity index (χ0v) is 18.8. The number of imidazole rings is 1. The molecule has 1 atom stereocenters. The van der Waals surface area contributed by atoms with E-state index < -0.39 is 0 Å². The molecule has 1 fully saturated rings. The highest BCUT2D eigenvalue weighted by Gasteiger charge is 2.27. The summed E-state index contributed by atoms with van der Waals surface area (Å²) in [6.45, 7) is 10.6. The van der Waals surface area contributed by atoms with Gasteiger partial charge in [0.2, 0.25) is 5.91 Å². The van der Waals surface area contributed by atoms with E-state index in [0.29, 0.717) is 18.5 Å². The number of benzene rings is 1. The second kappa shape index (κ2) is 9.89. The highest BCUT2D eigenvalue weighted by atomic mass is 16.2. The van der Waals surface area contributed by atoms with Crippen LogP contribution in [0.2, 0.25) is 0 Å². The molecule has 1 unspecified atom stereocenters. The van der Waals surface area contributed by atoms with Crippen LogP contribution in [-0.2, 0) is 11.8 Å². The minimum atomic E-state index is 0.00557. The molecule has 0 spiro atoms. The fourth-order valence-corrected chi connectivity index (χ4v) is 4.19. The van der Waals surface area contributed by atoms with E-state index in [1.807, 2.05) is 33.2 Å². The Labute approximate surface area is 179 Å². The van der Waals surface area contributed by atoms with Crippen molar-refractivity contribution in [1.82, 2.24) is 24.2 Å². The van der Waals surface area contributed by atoms with Crippen LogP contribution in [0, 0.1) is 0 Å². The number of hydrogen-bond donors (Lipinski definition) is 1. The van der Waals surface area contributed by atoms with Gasteiger partial charge in [0.05, 0.1) is 29.5 Å². The van der Waals surface area contributed by atoms with Crippen LogP contribution in [0.4, 0.5) is 5.69 Å². The van der Waals surface area contributed by atoms with Gasteiger partial charge in [-0.3, -0.25) is 14.4 Å². The van der Waals surface area contributed by atoms with E-state index in [9.17, 15) is 4.79 Å². The second-order valence-corrected chi connectivity index (χ2v) is 7.95. The normalized spacial score (nSPS) is 17.1. The third-order valence-corrected chi connectivity index (χ3v) is 5.37. The molecule has 0 radical (unpaired) electrons. The monoisotopic (exact) mass is 410 g/mol. The second-order valence-electron chi connectivity index (χ2n) is 7.95. The van der Waals surface area contributed by atoms with E-state index in [-0.39, 0.29) is 5.91 Å². The van der Waals surface area contributed by atoms with Gasteiger partial charge in [0, 0.05) is 31.7 Å². The SMILES string of the molecule is CC.CC(C)n1c(C2CCCN(CC(=O)Nc3cnn(C)c3)C2)nc2ccccc21. The summed E-state index contributed by atoms with van der Waals surface area (Å²) in [6.07, 6.45) is 5.66. The fraction of sp³-hybridized carbons (Fsp3) is 0.522. The standard InChI is InChI=1S/C21H28N6O.C2H6/c1-15(2)27-19-9-5-4-8-18(19)24-21(27)16-7-6-10-26(12-16)14-20(28)23-17-11-22-25(3)13-17;1-2/h4-5,8-9,11,13,15-16H,6-7,10,12,14H2,1-3H3,(H,23,28);1-2H3. The summed E-state index contributed by atoms with van der Waals surface area (Å²) in [7, 11) is 1.84. The number of carbonyl (C=O) groups excluding carboxylic acids is 1. The first-order valence-corrected chi connectivity index (χ1v) is 11.0. The number of carbonyl (C=O) groups is 1. The average molecular weight is 411 g/mol. The predicted molar refractivity (Wildman–Crippen MR) is 122 cm³/mol. The molecule has 7 nitrogen and oxygen atoms in total. The summed E-state index contributed by atoms with van der Waals surface area (Å²) in [5.74, 6) is 1.49. The first kappa shape index (κ1) is 22.0. The Hall–Kier alpha value is -2.67. The number of rotatable bonds is 5. The number of likely N-dealkylation sites (tertiary alicyclic amines) is 1. The Morgan fingerprint density at radius 2 is 2.03 bits per heavy atom. The molecule has 162 valence electrons. The van der Waals surface area contributed by atoms with Crippen molar-refractivity contribution < 1.29 is 4.79 Å². The third kappa shape index (κ3) is 4.90. The van der Waals surface area contributed by atoms with E-state index in [2.05, 4.69) is 51.9 Å². The molecular formula is C23H34N6O. The molecule has 0 aliphatic carbocycles. The smallest absolute Gasteiger partial charge is 0.238 e. The molecule has 3 aromatic rings. The highest BCUT2D eigenvalue weighted by molar-refractivity contribution is 5.92. The van der Waals surface area contributed by atoms with Gasteiger partial charge in [0.25, 0.3) is 0 Å². The minimum Gasteiger partial charge on any atom is -0.325 e. The Morgan fingerprint density at radius 1 is 1.27 bits per heavy atom. The maximum atomic E-state index is 12.4. The molecule has 1 amide bonds. The summed E-state index contributed by atoms with van der Waals surface area (Å²) >= 11 is 0. The number of nitrogens with one attached hydrogen (secondary N) is 1. The van der Waals surface area contributed by atoms with Crippen molar-refractivity contribution in [1.29, 1.82) is 0 Å². The molecule has 1 aliphatic rings. The van der Waals surface area contributed by atoms with Crippen molar-refractivity contribution >= 4 is 22.6 Å². The lowest BCUT2D eigenvalue weighted by molar-refractivity contribution is -0.117. The molecule has 3 heterocycles. The quantitative estimate of drug-likeness (QED) is 0.685. The van der Waals surface area contributed by atoms with E-state index in [1.54, 1.807) is 10.9 Å². The molecule has 1 aliphatic heterocycles. The first-order chi connectivity index (χ1) is 14.5. The van der Waals surface area contributed by atoms with Crippen molar-refractivity contribution in [2.45, 2.75) is 52.5 Å². The van der Waals surface area contributed by atoms with Crippen molar-refractivity contribution in [2.24, 2.45) is 7.05 Å². The zero-order valence-electron chi connectivity index (χ0n) is 18.8. The van der Waals surface area contributed by atoms with Gasteiger partial charge in [0.15, 0.2) is 0 Å². The van der Waals surface area contributed by atoms with Crippen LogP contribution in [0.3, 0.4) is 0 Å². The van der Waals surface area contributed by atoms with E-state index in [4.69, 9.17) is 4.98 Å². The summed E-state index contributed by atoms with van der Waals surface area (Å²) in [6, 6.07) is 8.70. The predicted octanol–water partition coefficient (Wildman–Crippen LogP) is 4.20. The maximum absolute atomic E-state index is 12.4. The number of nitrogens with zero attached hydrogens (tertiary/aromatic N) is 5. The molecule has 30 heavy (non-hydrogen) atoms. The van der Waals surface area contributed by atoms with E-state index >= 15 is 0 Å². The lowest BCUT2D eigenvalue weighted by atomic mass is 9.97. The molecule has 0 bridgehead atoms. The zero-order chi connectivity index (χ0) is 21.7. The van der Waals surface area contributed by atoms with Gasteiger partial charge in [-0.15, -0.1) is 0 Å². The number of aryl methyl sites for hydroxylation is 1. The number of amides is 1. The largest absolute Gasteiger partial charge is 0.325 e. The maximum Gasteiger partial charge on any atom is 0.238 e. The summed E-state index contributed by atoms with van der Waals surface area (Å²) in [5.41, 5.74) is 2.99. The number of aromatic nitrogens is 4. The van der Waals surface area contributed by atoms with Crippen LogP contribution >= 0.6 is 0 Å². The Balaban J connectivity index is 0.00000124. The molecule has 1 saturated heterocycles. The van der Waals surface area contributed by atoms with Gasteiger partial charge in [-0.2, -0.15) is 5.10 Å². The van der Waals surface area contributed by atoms with E-state index in [1.165, 1.54) is 5.52 Å². The summed E-state index contributed by atoms with van der Waals surface area (Å²) in [5, 5.41) is 7.02. The molecule has 4 rings (SSSR count). The Bertz CT molecular complexity index is 973. The van der Waals surface area contributed by atoms with Crippen LogP contribution in [0.1, 0.15) is 58.3 Å². The van der Waals surface area contributed by atoms with Gasteiger partial charge in [-0.25, -0.2) is 4.98 Å². The topological polar surface area (TPSA) is 68.0 Å². The van der Waals surface area contributed by atoms with Gasteiger partial charge < -0.3 is 9.88 Å². The van der Waals surface area contributed by atoms with Gasteiger partial charge >= 0.3 is 0 Å². The van der Waals surface area contributed by atoms with Gasteiger partial charge in [-0.05, 0) is 45.4 Å². The number of para-hydroxylation sites is 2. The number of anilines is 1. The Morgan fingerprint density at radius 3 is 2.73 bits per heavy atom. The van der Waals surface area contributed by atoms with E-state index in [0.717, 1.165) is 43.0 Å². The van der Waals surface area contributed by atoms with Gasteiger partial charge in [-0.1, -0.05) is 26.0 Å². The molecular weight excluding hydrogens is 376 g/mol. The summed E-state index contributed by atoms with van der Waals surface area (Å²) in [4.78, 5) is 19.6. The molecule has 7 heteroatoms. The van der Waals surface area contributed by atoms with Gasteiger partial charge in [0.1, 0.15) is 5.82 Å². The van der Waals surface area contributed by atoms with Crippen LogP contribution in [0.25, 0.3) is 11.0 Å². The van der Waals surface area contributed by atoms with Crippen molar-refractivity contribution in [3.8, 4) is 0 Å². The number of piperidine rings is 1. The van der Waals surface area contributed by atoms with Crippen molar-refractivity contribution in [3.05, 3.63) is 42.5 Å². The number of fused-ring (bicyclic) bond motifs is 1. The van der Waals surface area contributed by atoms with Crippen LogP contribution in [0.15, 0.2) is 36.7 Å². The third-order valence-electron chi connectivity index (χ3n) is 5.37. The molecule has 0 saturated carbocycles. The highest BCUT2D eigenvalue weighted by Crippen LogP contribution is 2.31. The molecule has 2 aromatic heterocycles. The Kier molecular flexibility index (Phi) is 7.26. The van der Waals surface area contributed by atoms with Crippen LogP contribution < -0.4 is 5.32 Å². The average Bonchev–Trinajstić information content (AvgIpc) is 3.33.